The highest BCUT2D eigenvalue weighted by molar-refractivity contribution is 9.08. The van der Waals surface area contributed by atoms with Gasteiger partial charge < -0.3 is 0 Å². The van der Waals surface area contributed by atoms with E-state index in [9.17, 15) is 9.59 Å². The maximum atomic E-state index is 11.3. The quantitative estimate of drug-likeness (QED) is 0.435. The number of aldehydes is 1. The summed E-state index contributed by atoms with van der Waals surface area (Å²) in [6.07, 6.45) is 0.368. The van der Waals surface area contributed by atoms with Crippen LogP contribution in [0.1, 0.15) is 13.8 Å². The Morgan fingerprint density at radius 3 is 2.38 bits per heavy atom. The normalized spacial score (nSPS) is 29.1. The summed E-state index contributed by atoms with van der Waals surface area (Å²) in [5.41, 5.74) is -0.387. The lowest BCUT2D eigenvalue weighted by Crippen LogP contribution is -2.47. The van der Waals surface area contributed by atoms with E-state index >= 15 is 0 Å². The fourth-order valence-electron chi connectivity index (χ4n) is 1.41. The standard InChI is InChI=1S/C7H10Br2N2O2/c1-7(2)6(5(13)3-12)10(8)4-11(7)9/h3,6H,4H2,1-2H3. The van der Waals surface area contributed by atoms with Crippen LogP contribution in [0.3, 0.4) is 0 Å². The van der Waals surface area contributed by atoms with E-state index in [-0.39, 0.29) is 5.54 Å². The van der Waals surface area contributed by atoms with Gasteiger partial charge in [0.1, 0.15) is 6.04 Å². The van der Waals surface area contributed by atoms with Gasteiger partial charge in [-0.05, 0) is 13.8 Å². The second-order valence-electron chi connectivity index (χ2n) is 3.48. The zero-order valence-corrected chi connectivity index (χ0v) is 10.5. The van der Waals surface area contributed by atoms with Crippen LogP contribution in [-0.4, -0.2) is 38.2 Å². The third kappa shape index (κ3) is 1.86. The van der Waals surface area contributed by atoms with Crippen molar-refractivity contribution in [2.75, 3.05) is 6.67 Å². The van der Waals surface area contributed by atoms with Crippen molar-refractivity contribution >= 4 is 44.4 Å². The van der Waals surface area contributed by atoms with Crippen molar-refractivity contribution < 1.29 is 9.59 Å². The Bertz CT molecular complexity index is 245. The maximum Gasteiger partial charge on any atom is 0.215 e. The molecule has 0 amide bonds. The van der Waals surface area contributed by atoms with Crippen molar-refractivity contribution in [2.45, 2.75) is 25.4 Å². The summed E-state index contributed by atoms with van der Waals surface area (Å²) in [4.78, 5) is 21.7. The van der Waals surface area contributed by atoms with Gasteiger partial charge >= 0.3 is 0 Å². The molecule has 0 aromatic carbocycles. The Morgan fingerprint density at radius 2 is 2.08 bits per heavy atom. The van der Waals surface area contributed by atoms with Gasteiger partial charge in [-0.3, -0.25) is 9.59 Å². The van der Waals surface area contributed by atoms with E-state index in [0.29, 0.717) is 13.0 Å². The summed E-state index contributed by atoms with van der Waals surface area (Å²) < 4.78 is 3.50. The first-order valence-corrected chi connectivity index (χ1v) is 5.18. The van der Waals surface area contributed by atoms with E-state index in [0.717, 1.165) is 0 Å². The van der Waals surface area contributed by atoms with Crippen molar-refractivity contribution in [3.8, 4) is 0 Å². The van der Waals surface area contributed by atoms with E-state index in [2.05, 4.69) is 32.3 Å². The van der Waals surface area contributed by atoms with Crippen LogP contribution < -0.4 is 0 Å². The Hall–Kier alpha value is 0.220. The van der Waals surface area contributed by atoms with E-state index in [1.807, 2.05) is 17.8 Å². The molecule has 0 radical (unpaired) electrons. The van der Waals surface area contributed by atoms with Gasteiger partial charge in [0.15, 0.2) is 6.29 Å². The Kier molecular flexibility index (Phi) is 3.27. The van der Waals surface area contributed by atoms with Crippen LogP contribution in [0.4, 0.5) is 0 Å². The summed E-state index contributed by atoms with van der Waals surface area (Å²) in [7, 11) is 0. The molecule has 1 rings (SSSR count). The number of carbonyl (C=O) groups is 2. The highest BCUT2D eigenvalue weighted by Gasteiger charge is 2.48. The maximum absolute atomic E-state index is 11.3. The molecule has 0 aromatic rings. The van der Waals surface area contributed by atoms with Crippen LogP contribution in [0.2, 0.25) is 0 Å². The number of carbonyl (C=O) groups excluding carboxylic acids is 2. The van der Waals surface area contributed by atoms with Crippen LogP contribution in [-0.2, 0) is 9.59 Å². The predicted octanol–water partition coefficient (Wildman–Crippen LogP) is 1.10. The van der Waals surface area contributed by atoms with Gasteiger partial charge in [-0.1, -0.05) is 0 Å². The van der Waals surface area contributed by atoms with Gasteiger partial charge in [0.05, 0.1) is 12.2 Å². The number of hydrogen-bond acceptors (Lipinski definition) is 4. The average molecular weight is 314 g/mol. The average Bonchev–Trinajstić information content (AvgIpc) is 2.21. The fraction of sp³-hybridized carbons (Fsp3) is 0.714. The number of rotatable bonds is 2. The molecule has 6 heteroatoms. The van der Waals surface area contributed by atoms with Gasteiger partial charge in [0.2, 0.25) is 5.78 Å². The molecule has 13 heavy (non-hydrogen) atoms. The van der Waals surface area contributed by atoms with Crippen molar-refractivity contribution in [3.63, 3.8) is 0 Å². The summed E-state index contributed by atoms with van der Waals surface area (Å²) in [6, 6.07) is -0.440. The Morgan fingerprint density at radius 1 is 1.54 bits per heavy atom. The molecule has 1 atom stereocenters. The molecule has 0 aliphatic carbocycles. The molecule has 1 aliphatic heterocycles. The highest BCUT2D eigenvalue weighted by Crippen LogP contribution is 2.35. The molecule has 0 spiro atoms. The second-order valence-corrected chi connectivity index (χ2v) is 5.25. The molecule has 1 saturated heterocycles. The molecule has 1 heterocycles. The lowest BCUT2D eigenvalue weighted by atomic mass is 9.94. The summed E-state index contributed by atoms with van der Waals surface area (Å²) in [6.45, 7) is 4.35. The van der Waals surface area contributed by atoms with Crippen LogP contribution in [0.15, 0.2) is 0 Å². The SMILES string of the molecule is CC1(C)C(C(=O)C=O)N(Br)CN1Br. The molecule has 1 aliphatic rings. The molecule has 1 fully saturated rings. The molecule has 74 valence electrons. The van der Waals surface area contributed by atoms with Crippen LogP contribution in [0.5, 0.6) is 0 Å². The van der Waals surface area contributed by atoms with Crippen LogP contribution in [0, 0.1) is 0 Å². The number of halogens is 2. The van der Waals surface area contributed by atoms with E-state index < -0.39 is 11.8 Å². The summed E-state index contributed by atoms with van der Waals surface area (Å²) in [5.74, 6) is -0.413. The first-order valence-electron chi connectivity index (χ1n) is 3.76. The Labute approximate surface area is 93.9 Å². The van der Waals surface area contributed by atoms with Crippen molar-refractivity contribution in [3.05, 3.63) is 0 Å². The number of ketones is 1. The van der Waals surface area contributed by atoms with Crippen molar-refractivity contribution in [1.29, 1.82) is 0 Å². The monoisotopic (exact) mass is 312 g/mol. The topological polar surface area (TPSA) is 40.6 Å². The third-order valence-electron chi connectivity index (χ3n) is 2.22. The first-order chi connectivity index (χ1) is 5.91. The molecule has 0 N–H and O–H groups in total. The predicted molar refractivity (Wildman–Crippen MR) is 55.3 cm³/mol. The Balaban J connectivity index is 2.94. The molecule has 0 saturated carbocycles. The smallest absolute Gasteiger partial charge is 0.215 e. The van der Waals surface area contributed by atoms with E-state index in [1.54, 1.807) is 3.93 Å². The van der Waals surface area contributed by atoms with E-state index in [4.69, 9.17) is 0 Å². The number of Topliss-reactive ketones (excluding diaryl/α,β-unsaturated/α-hetero) is 1. The lowest BCUT2D eigenvalue weighted by molar-refractivity contribution is -0.132. The number of nitrogens with zero attached hydrogens (tertiary/aromatic N) is 2. The van der Waals surface area contributed by atoms with Gasteiger partial charge in [0.25, 0.3) is 0 Å². The minimum Gasteiger partial charge on any atom is -0.295 e. The minimum absolute atomic E-state index is 0.368. The molecular formula is C7H10Br2N2O2. The van der Waals surface area contributed by atoms with Crippen LogP contribution >= 0.6 is 32.3 Å². The highest BCUT2D eigenvalue weighted by atomic mass is 79.9. The van der Waals surface area contributed by atoms with Gasteiger partial charge in [-0.15, -0.1) is 0 Å². The van der Waals surface area contributed by atoms with Crippen molar-refractivity contribution in [1.82, 2.24) is 7.85 Å². The molecule has 0 bridgehead atoms. The fourth-order valence-corrected chi connectivity index (χ4v) is 3.07. The van der Waals surface area contributed by atoms with E-state index in [1.165, 1.54) is 0 Å². The zero-order chi connectivity index (χ0) is 10.2. The third-order valence-corrected chi connectivity index (χ3v) is 3.99. The van der Waals surface area contributed by atoms with Gasteiger partial charge in [-0.25, -0.2) is 7.85 Å². The molecule has 0 aromatic heterocycles. The second kappa shape index (κ2) is 3.76. The number of hydrogen-bond donors (Lipinski definition) is 0. The summed E-state index contributed by atoms with van der Waals surface area (Å²) in [5, 5.41) is 0. The summed E-state index contributed by atoms with van der Waals surface area (Å²) >= 11 is 6.58. The first kappa shape index (κ1) is 11.3. The molecule has 4 nitrogen and oxygen atoms in total. The molecular weight excluding hydrogens is 304 g/mol. The zero-order valence-electron chi connectivity index (χ0n) is 7.33. The van der Waals surface area contributed by atoms with Gasteiger partial charge in [-0.2, -0.15) is 0 Å². The van der Waals surface area contributed by atoms with Crippen molar-refractivity contribution in [2.24, 2.45) is 0 Å². The van der Waals surface area contributed by atoms with Gasteiger partial charge in [0, 0.05) is 32.3 Å². The lowest BCUT2D eigenvalue weighted by Gasteiger charge is -2.28. The molecule has 1 unspecified atom stereocenters. The van der Waals surface area contributed by atoms with Crippen LogP contribution in [0.25, 0.3) is 0 Å². The minimum atomic E-state index is -0.440. The largest absolute Gasteiger partial charge is 0.295 e.